The fraction of sp³-hybridized carbons (Fsp3) is 0.375. The molecule has 1 N–H and O–H groups in total. The van der Waals surface area contributed by atoms with E-state index < -0.39 is 0 Å². The van der Waals surface area contributed by atoms with Crippen molar-refractivity contribution in [2.45, 2.75) is 40.0 Å². The quantitative estimate of drug-likeness (QED) is 0.759. The van der Waals surface area contributed by atoms with Gasteiger partial charge in [-0.15, -0.1) is 0 Å². The highest BCUT2D eigenvalue weighted by Gasteiger charge is 2.22. The summed E-state index contributed by atoms with van der Waals surface area (Å²) in [6.07, 6.45) is 0. The molecular weight excluding hydrogens is 363 g/mol. The predicted molar refractivity (Wildman–Crippen MR) is 91.2 cm³/mol. The number of halogens is 1. The van der Waals surface area contributed by atoms with Crippen LogP contribution in [-0.2, 0) is 5.41 Å². The first-order chi connectivity index (χ1) is 9.20. The molecular formula is C16H19IN2O. The molecule has 3 nitrogen and oxygen atoms in total. The van der Waals surface area contributed by atoms with E-state index in [0.29, 0.717) is 9.39 Å². The van der Waals surface area contributed by atoms with Crippen molar-refractivity contribution in [2.24, 2.45) is 0 Å². The Bertz CT molecular complexity index is 711. The molecule has 0 aliphatic heterocycles. The van der Waals surface area contributed by atoms with Crippen LogP contribution in [0.5, 0.6) is 0 Å². The van der Waals surface area contributed by atoms with Crippen molar-refractivity contribution in [2.75, 3.05) is 0 Å². The SMILES string of the molecule is Cc1ccc(-c2nc(C(C)(C)C)c(I)c(=O)[nH]2)cc1C. The van der Waals surface area contributed by atoms with Crippen molar-refractivity contribution < 1.29 is 0 Å². The maximum atomic E-state index is 12.1. The molecule has 0 fully saturated rings. The second kappa shape index (κ2) is 5.31. The molecule has 20 heavy (non-hydrogen) atoms. The third-order valence-electron chi connectivity index (χ3n) is 3.35. The van der Waals surface area contributed by atoms with Crippen LogP contribution < -0.4 is 5.56 Å². The molecule has 0 saturated carbocycles. The number of aromatic nitrogens is 2. The molecule has 0 spiro atoms. The predicted octanol–water partition coefficient (Wildman–Crippen LogP) is 3.96. The van der Waals surface area contributed by atoms with E-state index in [0.717, 1.165) is 11.3 Å². The number of H-pyrrole nitrogens is 1. The molecule has 0 bridgehead atoms. The number of nitrogens with one attached hydrogen (secondary N) is 1. The summed E-state index contributed by atoms with van der Waals surface area (Å²) in [4.78, 5) is 19.7. The van der Waals surface area contributed by atoms with E-state index in [2.05, 4.69) is 79.3 Å². The van der Waals surface area contributed by atoms with Gasteiger partial charge in [0, 0.05) is 11.0 Å². The molecule has 2 aromatic rings. The van der Waals surface area contributed by atoms with Gasteiger partial charge in [-0.1, -0.05) is 32.9 Å². The van der Waals surface area contributed by atoms with Crippen LogP contribution in [0.15, 0.2) is 23.0 Å². The minimum absolute atomic E-state index is 0.0706. The van der Waals surface area contributed by atoms with Gasteiger partial charge in [0.2, 0.25) is 0 Å². The first kappa shape index (κ1) is 15.2. The van der Waals surface area contributed by atoms with Crippen LogP contribution in [-0.4, -0.2) is 9.97 Å². The lowest BCUT2D eigenvalue weighted by Crippen LogP contribution is -2.24. The van der Waals surface area contributed by atoms with Gasteiger partial charge >= 0.3 is 0 Å². The third-order valence-corrected chi connectivity index (χ3v) is 4.35. The highest BCUT2D eigenvalue weighted by Crippen LogP contribution is 2.26. The van der Waals surface area contributed by atoms with Gasteiger partial charge in [0.05, 0.1) is 5.69 Å². The molecule has 0 radical (unpaired) electrons. The van der Waals surface area contributed by atoms with E-state index in [4.69, 9.17) is 0 Å². The number of aromatic amines is 1. The lowest BCUT2D eigenvalue weighted by atomic mass is 9.92. The van der Waals surface area contributed by atoms with Crippen molar-refractivity contribution in [1.82, 2.24) is 9.97 Å². The van der Waals surface area contributed by atoms with Gasteiger partial charge in [0.1, 0.15) is 9.39 Å². The van der Waals surface area contributed by atoms with Gasteiger partial charge in [0.15, 0.2) is 0 Å². The number of hydrogen-bond acceptors (Lipinski definition) is 2. The van der Waals surface area contributed by atoms with Crippen LogP contribution in [0.25, 0.3) is 11.4 Å². The maximum Gasteiger partial charge on any atom is 0.264 e. The molecule has 1 aromatic carbocycles. The molecule has 1 heterocycles. The van der Waals surface area contributed by atoms with Crippen LogP contribution in [0.2, 0.25) is 0 Å². The number of aryl methyl sites for hydroxylation is 2. The molecule has 4 heteroatoms. The van der Waals surface area contributed by atoms with Crippen molar-refractivity contribution >= 4 is 22.6 Å². The van der Waals surface area contributed by atoms with E-state index in [1.807, 2.05) is 6.07 Å². The largest absolute Gasteiger partial charge is 0.306 e. The zero-order chi connectivity index (χ0) is 15.1. The summed E-state index contributed by atoms with van der Waals surface area (Å²) in [7, 11) is 0. The van der Waals surface area contributed by atoms with Gasteiger partial charge in [0.25, 0.3) is 5.56 Å². The Labute approximate surface area is 133 Å². The van der Waals surface area contributed by atoms with Crippen molar-refractivity contribution in [3.8, 4) is 11.4 Å². The topological polar surface area (TPSA) is 45.8 Å². The van der Waals surface area contributed by atoms with E-state index in [1.165, 1.54) is 11.1 Å². The minimum atomic E-state index is -0.153. The van der Waals surface area contributed by atoms with E-state index in [9.17, 15) is 4.79 Å². The Morgan fingerprint density at radius 2 is 1.80 bits per heavy atom. The van der Waals surface area contributed by atoms with Crippen molar-refractivity contribution in [1.29, 1.82) is 0 Å². The molecule has 0 saturated heterocycles. The maximum absolute atomic E-state index is 12.1. The minimum Gasteiger partial charge on any atom is -0.306 e. The zero-order valence-electron chi connectivity index (χ0n) is 12.5. The summed E-state index contributed by atoms with van der Waals surface area (Å²) >= 11 is 2.07. The number of hydrogen-bond donors (Lipinski definition) is 1. The zero-order valence-corrected chi connectivity index (χ0v) is 14.6. The second-order valence-electron chi connectivity index (χ2n) is 6.13. The normalized spacial score (nSPS) is 11.7. The summed E-state index contributed by atoms with van der Waals surface area (Å²) in [5.41, 5.74) is 4.00. The van der Waals surface area contributed by atoms with E-state index in [1.54, 1.807) is 0 Å². The van der Waals surface area contributed by atoms with E-state index >= 15 is 0 Å². The van der Waals surface area contributed by atoms with Crippen LogP contribution >= 0.6 is 22.6 Å². The monoisotopic (exact) mass is 382 g/mol. The first-order valence-electron chi connectivity index (χ1n) is 6.58. The molecule has 0 aliphatic carbocycles. The van der Waals surface area contributed by atoms with Crippen LogP contribution in [0.3, 0.4) is 0 Å². The molecule has 106 valence electrons. The Balaban J connectivity index is 2.67. The lowest BCUT2D eigenvalue weighted by Gasteiger charge is -2.19. The summed E-state index contributed by atoms with van der Waals surface area (Å²) in [6, 6.07) is 6.12. The lowest BCUT2D eigenvalue weighted by molar-refractivity contribution is 0.562. The Morgan fingerprint density at radius 3 is 2.35 bits per heavy atom. The van der Waals surface area contributed by atoms with Crippen molar-refractivity contribution in [3.63, 3.8) is 0 Å². The van der Waals surface area contributed by atoms with Gasteiger partial charge in [-0.25, -0.2) is 4.98 Å². The Kier molecular flexibility index (Phi) is 4.04. The number of benzene rings is 1. The Morgan fingerprint density at radius 1 is 1.15 bits per heavy atom. The summed E-state index contributed by atoms with van der Waals surface area (Å²) < 4.78 is 0.669. The van der Waals surface area contributed by atoms with Gasteiger partial charge in [-0.05, 0) is 53.6 Å². The fourth-order valence-electron chi connectivity index (χ4n) is 1.98. The van der Waals surface area contributed by atoms with Crippen LogP contribution in [0.4, 0.5) is 0 Å². The molecule has 0 amide bonds. The van der Waals surface area contributed by atoms with Gasteiger partial charge < -0.3 is 4.98 Å². The molecule has 0 aliphatic rings. The average molecular weight is 382 g/mol. The Hall–Kier alpha value is -1.17. The number of rotatable bonds is 1. The molecule has 2 rings (SSSR count). The fourth-order valence-corrected chi connectivity index (χ4v) is 3.05. The van der Waals surface area contributed by atoms with Crippen molar-refractivity contribution in [3.05, 3.63) is 48.9 Å². The van der Waals surface area contributed by atoms with Crippen LogP contribution in [0, 0.1) is 17.4 Å². The van der Waals surface area contributed by atoms with Gasteiger partial charge in [-0.2, -0.15) is 0 Å². The molecule has 0 atom stereocenters. The first-order valence-corrected chi connectivity index (χ1v) is 7.66. The summed E-state index contributed by atoms with van der Waals surface area (Å²) in [5, 5.41) is 0. The smallest absolute Gasteiger partial charge is 0.264 e. The summed E-state index contributed by atoms with van der Waals surface area (Å²) in [6.45, 7) is 10.3. The standard InChI is InChI=1S/C16H19IN2O/c1-9-6-7-11(8-10(9)2)14-18-13(16(3,4)5)12(17)15(20)19-14/h6-8H,1-5H3,(H,18,19,20). The highest BCUT2D eigenvalue weighted by atomic mass is 127. The molecule has 0 unspecified atom stereocenters. The van der Waals surface area contributed by atoms with Crippen LogP contribution in [0.1, 0.15) is 37.6 Å². The third kappa shape index (κ3) is 2.95. The molecule has 1 aromatic heterocycles. The second-order valence-corrected chi connectivity index (χ2v) is 7.20. The van der Waals surface area contributed by atoms with Gasteiger partial charge in [-0.3, -0.25) is 4.79 Å². The summed E-state index contributed by atoms with van der Waals surface area (Å²) in [5.74, 6) is 0.642. The number of nitrogens with zero attached hydrogens (tertiary/aromatic N) is 1. The average Bonchev–Trinajstić information content (AvgIpc) is 2.34. The highest BCUT2D eigenvalue weighted by molar-refractivity contribution is 14.1. The van der Waals surface area contributed by atoms with E-state index in [-0.39, 0.29) is 11.0 Å².